The molecule has 0 aliphatic carbocycles. The molecule has 0 radical (unpaired) electrons. The van der Waals surface area contributed by atoms with Gasteiger partial charge in [0.15, 0.2) is 9.84 Å². The molecule has 0 saturated carbocycles. The van der Waals surface area contributed by atoms with Crippen molar-refractivity contribution in [3.8, 4) is 0 Å². The highest BCUT2D eigenvalue weighted by molar-refractivity contribution is 7.91. The normalized spacial score (nSPS) is 19.1. The van der Waals surface area contributed by atoms with Gasteiger partial charge in [-0.05, 0) is 31.4 Å². The average Bonchev–Trinajstić information content (AvgIpc) is 3.15. The molecule has 1 unspecified atom stereocenters. The SMILES string of the molecule is COCCN(C(=O)Cc1coc2c(C)c(C)ccc12)C1CCS(=O)(=O)C1. The van der Waals surface area contributed by atoms with Crippen LogP contribution in [-0.2, 0) is 25.8 Å². The van der Waals surface area contributed by atoms with Crippen LogP contribution < -0.4 is 0 Å². The highest BCUT2D eigenvalue weighted by atomic mass is 32.2. The molecule has 7 heteroatoms. The van der Waals surface area contributed by atoms with Crippen LogP contribution >= 0.6 is 0 Å². The van der Waals surface area contributed by atoms with Crippen LogP contribution in [0.2, 0.25) is 0 Å². The molecular weight excluding hydrogens is 354 g/mol. The lowest BCUT2D eigenvalue weighted by atomic mass is 10.0. The Morgan fingerprint density at radius 1 is 1.35 bits per heavy atom. The summed E-state index contributed by atoms with van der Waals surface area (Å²) in [7, 11) is -1.49. The van der Waals surface area contributed by atoms with E-state index in [1.807, 2.05) is 26.0 Å². The number of carbonyl (C=O) groups excluding carboxylic acids is 1. The van der Waals surface area contributed by atoms with Crippen LogP contribution in [0.4, 0.5) is 0 Å². The Bertz CT molecular complexity index is 915. The predicted octanol–water partition coefficient (Wildman–Crippen LogP) is 2.25. The molecule has 2 heterocycles. The lowest BCUT2D eigenvalue weighted by molar-refractivity contribution is -0.133. The van der Waals surface area contributed by atoms with E-state index in [1.165, 1.54) is 0 Å². The first-order valence-electron chi connectivity index (χ1n) is 8.77. The van der Waals surface area contributed by atoms with Crippen molar-refractivity contribution >= 4 is 26.7 Å². The van der Waals surface area contributed by atoms with Gasteiger partial charge in [-0.25, -0.2) is 8.42 Å². The van der Waals surface area contributed by atoms with Crippen molar-refractivity contribution in [2.45, 2.75) is 32.7 Å². The average molecular weight is 379 g/mol. The molecule has 1 aromatic carbocycles. The number of hydrogen-bond acceptors (Lipinski definition) is 5. The molecule has 3 rings (SSSR count). The van der Waals surface area contributed by atoms with Crippen LogP contribution in [0.25, 0.3) is 11.0 Å². The lowest BCUT2D eigenvalue weighted by Crippen LogP contribution is -2.43. The molecule has 1 saturated heterocycles. The van der Waals surface area contributed by atoms with Crippen molar-refractivity contribution in [2.75, 3.05) is 31.8 Å². The molecule has 26 heavy (non-hydrogen) atoms. The highest BCUT2D eigenvalue weighted by Gasteiger charge is 2.34. The van der Waals surface area contributed by atoms with E-state index in [0.717, 1.165) is 27.7 Å². The largest absolute Gasteiger partial charge is 0.464 e. The Labute approximate surface area is 154 Å². The third-order valence-corrected chi connectivity index (χ3v) is 6.94. The van der Waals surface area contributed by atoms with E-state index in [1.54, 1.807) is 18.3 Å². The minimum atomic E-state index is -3.06. The maximum absolute atomic E-state index is 12.9. The van der Waals surface area contributed by atoms with Crippen LogP contribution in [0.1, 0.15) is 23.1 Å². The van der Waals surface area contributed by atoms with Gasteiger partial charge in [0.1, 0.15) is 5.58 Å². The van der Waals surface area contributed by atoms with Crippen molar-refractivity contribution in [3.05, 3.63) is 35.1 Å². The summed E-state index contributed by atoms with van der Waals surface area (Å²) in [5, 5.41) is 0.937. The maximum Gasteiger partial charge on any atom is 0.227 e. The number of nitrogens with zero attached hydrogens (tertiary/aromatic N) is 1. The summed E-state index contributed by atoms with van der Waals surface area (Å²) in [4.78, 5) is 14.6. The topological polar surface area (TPSA) is 76.8 Å². The highest BCUT2D eigenvalue weighted by Crippen LogP contribution is 2.27. The number of furan rings is 1. The first kappa shape index (κ1) is 18.9. The van der Waals surface area contributed by atoms with Crippen LogP contribution in [0.3, 0.4) is 0 Å². The van der Waals surface area contributed by atoms with E-state index in [9.17, 15) is 13.2 Å². The summed E-state index contributed by atoms with van der Waals surface area (Å²) in [6.45, 7) is 4.80. The fraction of sp³-hybridized carbons (Fsp3) is 0.526. The van der Waals surface area contributed by atoms with Gasteiger partial charge in [0.2, 0.25) is 5.91 Å². The summed E-state index contributed by atoms with van der Waals surface area (Å²) in [6, 6.07) is 3.72. The number of fused-ring (bicyclic) bond motifs is 1. The third kappa shape index (κ3) is 3.78. The fourth-order valence-electron chi connectivity index (χ4n) is 3.51. The summed E-state index contributed by atoms with van der Waals surface area (Å²) in [5.41, 5.74) is 3.85. The molecule has 1 aromatic heterocycles. The molecule has 1 atom stereocenters. The number of hydrogen-bond donors (Lipinski definition) is 0. The van der Waals surface area contributed by atoms with E-state index >= 15 is 0 Å². The van der Waals surface area contributed by atoms with Gasteiger partial charge >= 0.3 is 0 Å². The van der Waals surface area contributed by atoms with Gasteiger partial charge in [0.05, 0.1) is 30.8 Å². The number of amides is 1. The Hall–Kier alpha value is -1.86. The number of aryl methyl sites for hydroxylation is 2. The van der Waals surface area contributed by atoms with Gasteiger partial charge < -0.3 is 14.1 Å². The summed E-state index contributed by atoms with van der Waals surface area (Å²) >= 11 is 0. The van der Waals surface area contributed by atoms with E-state index in [0.29, 0.717) is 19.6 Å². The molecule has 0 bridgehead atoms. The predicted molar refractivity (Wildman–Crippen MR) is 100 cm³/mol. The number of benzene rings is 1. The molecule has 0 N–H and O–H groups in total. The van der Waals surface area contributed by atoms with Gasteiger partial charge in [0, 0.05) is 30.6 Å². The van der Waals surface area contributed by atoms with E-state index < -0.39 is 9.84 Å². The number of sulfone groups is 1. The van der Waals surface area contributed by atoms with Gasteiger partial charge in [-0.15, -0.1) is 0 Å². The van der Waals surface area contributed by atoms with Crippen molar-refractivity contribution in [3.63, 3.8) is 0 Å². The van der Waals surface area contributed by atoms with Crippen LogP contribution in [-0.4, -0.2) is 57.0 Å². The minimum Gasteiger partial charge on any atom is -0.464 e. The van der Waals surface area contributed by atoms with E-state index in [4.69, 9.17) is 9.15 Å². The Kier molecular flexibility index (Phi) is 5.39. The van der Waals surface area contributed by atoms with Gasteiger partial charge in [-0.2, -0.15) is 0 Å². The number of methoxy groups -OCH3 is 1. The fourth-order valence-corrected chi connectivity index (χ4v) is 5.24. The second-order valence-electron chi connectivity index (χ2n) is 6.96. The zero-order valence-electron chi connectivity index (χ0n) is 15.4. The number of ether oxygens (including phenoxy) is 1. The van der Waals surface area contributed by atoms with Crippen LogP contribution in [0.15, 0.2) is 22.8 Å². The molecule has 0 spiro atoms. The summed E-state index contributed by atoms with van der Waals surface area (Å²) in [5.74, 6) is 0.0825. The number of rotatable bonds is 6. The van der Waals surface area contributed by atoms with Crippen molar-refractivity contribution < 1.29 is 22.4 Å². The van der Waals surface area contributed by atoms with Crippen molar-refractivity contribution in [2.24, 2.45) is 0 Å². The lowest BCUT2D eigenvalue weighted by Gasteiger charge is -2.28. The number of carbonyl (C=O) groups is 1. The van der Waals surface area contributed by atoms with Crippen LogP contribution in [0, 0.1) is 13.8 Å². The van der Waals surface area contributed by atoms with Crippen molar-refractivity contribution in [1.29, 1.82) is 0 Å². The maximum atomic E-state index is 12.9. The first-order chi connectivity index (χ1) is 12.3. The standard InChI is InChI=1S/C19H25NO5S/c1-13-4-5-17-15(11-25-19(17)14(13)2)10-18(21)20(7-8-24-3)16-6-9-26(22,23)12-16/h4-5,11,16H,6-10,12H2,1-3H3. The second-order valence-corrected chi connectivity index (χ2v) is 9.19. The zero-order valence-corrected chi connectivity index (χ0v) is 16.3. The second kappa shape index (κ2) is 7.40. The molecule has 1 aliphatic rings. The Balaban J connectivity index is 1.83. The van der Waals surface area contributed by atoms with Crippen LogP contribution in [0.5, 0.6) is 0 Å². The van der Waals surface area contributed by atoms with E-state index in [-0.39, 0.29) is 29.9 Å². The minimum absolute atomic E-state index is 0.0346. The van der Waals surface area contributed by atoms with Gasteiger partial charge in [-0.3, -0.25) is 4.79 Å². The monoisotopic (exact) mass is 379 g/mol. The smallest absolute Gasteiger partial charge is 0.227 e. The van der Waals surface area contributed by atoms with E-state index in [2.05, 4.69) is 0 Å². The summed E-state index contributed by atoms with van der Waals surface area (Å²) < 4.78 is 34.4. The quantitative estimate of drug-likeness (QED) is 0.769. The Morgan fingerprint density at radius 3 is 2.77 bits per heavy atom. The molecule has 2 aromatic rings. The van der Waals surface area contributed by atoms with Gasteiger partial charge in [0.25, 0.3) is 0 Å². The molecule has 142 valence electrons. The Morgan fingerprint density at radius 2 is 2.12 bits per heavy atom. The molecular formula is C19H25NO5S. The van der Waals surface area contributed by atoms with Gasteiger partial charge in [-0.1, -0.05) is 12.1 Å². The zero-order chi connectivity index (χ0) is 18.9. The molecule has 1 aliphatic heterocycles. The molecule has 1 fully saturated rings. The molecule has 1 amide bonds. The third-order valence-electron chi connectivity index (χ3n) is 5.19. The molecule has 6 nitrogen and oxygen atoms in total. The first-order valence-corrected chi connectivity index (χ1v) is 10.6. The van der Waals surface area contributed by atoms with Crippen molar-refractivity contribution in [1.82, 2.24) is 4.90 Å². The summed E-state index contributed by atoms with van der Waals surface area (Å²) in [6.07, 6.45) is 2.31.